The van der Waals surface area contributed by atoms with Gasteiger partial charge in [-0.05, 0) is 55.5 Å². The van der Waals surface area contributed by atoms with Gasteiger partial charge in [-0.2, -0.15) is 4.28 Å². The first-order valence-electron chi connectivity index (χ1n) is 11.8. The third kappa shape index (κ3) is 5.35. The van der Waals surface area contributed by atoms with Crippen LogP contribution in [0.4, 0.5) is 5.69 Å². The van der Waals surface area contributed by atoms with Gasteiger partial charge in [0.2, 0.25) is 11.1 Å². The predicted molar refractivity (Wildman–Crippen MR) is 142 cm³/mol. The van der Waals surface area contributed by atoms with E-state index in [-0.39, 0.29) is 19.3 Å². The number of carbonyl (C=O) groups excluding carboxylic acids is 2. The second-order valence-electron chi connectivity index (χ2n) is 8.64. The summed E-state index contributed by atoms with van der Waals surface area (Å²) in [4.78, 5) is 38.3. The molecule has 0 saturated carbocycles. The van der Waals surface area contributed by atoms with Crippen molar-refractivity contribution in [3.05, 3.63) is 96.4 Å². The molecule has 2 atom stereocenters. The molecule has 2 aromatic heterocycles. The fourth-order valence-corrected chi connectivity index (χ4v) is 5.06. The number of hydrogen-bond donors (Lipinski definition) is 1. The van der Waals surface area contributed by atoms with Crippen molar-refractivity contribution in [1.82, 2.24) is 19.8 Å². The molecule has 10 heteroatoms. The van der Waals surface area contributed by atoms with Crippen LogP contribution in [0.2, 0.25) is 0 Å². The predicted octanol–water partition coefficient (Wildman–Crippen LogP) is 3.93. The minimum Gasteiger partial charge on any atom is -0.333 e. The first kappa shape index (κ1) is 24.5. The standard InChI is InChI=1S/C27H25N5O4S.H2/c1-19-18-31(27(34)23-8-2-3-14-28-23)16-17-32(19)26(33)21-10-12-22(13-11-21)30-36-37(35)24-9-4-6-20-7-5-15-29-25(20)24;/h2-15,19,30H,16-18H2,1H3;1H/t19-,37?;/m0./s1. The number of fused-ring (bicyclic) bond motifs is 1. The summed E-state index contributed by atoms with van der Waals surface area (Å²) in [6, 6.07) is 21.0. The van der Waals surface area contributed by atoms with E-state index in [1.54, 1.807) is 76.8 Å². The third-order valence-electron chi connectivity index (χ3n) is 6.20. The zero-order valence-corrected chi connectivity index (χ0v) is 20.9. The monoisotopic (exact) mass is 517 g/mol. The molecule has 190 valence electrons. The van der Waals surface area contributed by atoms with Crippen LogP contribution in [0.5, 0.6) is 0 Å². The fraction of sp³-hybridized carbons (Fsp3) is 0.185. The number of rotatable bonds is 6. The van der Waals surface area contributed by atoms with Crippen LogP contribution in [0.15, 0.2) is 90.1 Å². The quantitative estimate of drug-likeness (QED) is 0.387. The second kappa shape index (κ2) is 10.9. The molecule has 3 heterocycles. The van der Waals surface area contributed by atoms with E-state index in [0.29, 0.717) is 47.0 Å². The van der Waals surface area contributed by atoms with Gasteiger partial charge in [0.25, 0.3) is 11.8 Å². The van der Waals surface area contributed by atoms with Crippen LogP contribution in [0.1, 0.15) is 29.2 Å². The number of para-hydroxylation sites is 1. The average Bonchev–Trinajstić information content (AvgIpc) is 2.95. The maximum absolute atomic E-state index is 13.1. The summed E-state index contributed by atoms with van der Waals surface area (Å²) >= 11 is -1.79. The number of anilines is 1. The highest BCUT2D eigenvalue weighted by Crippen LogP contribution is 2.21. The number of aromatic nitrogens is 2. The molecule has 1 fully saturated rings. The minimum absolute atomic E-state index is 0. The normalized spacial score (nSPS) is 16.4. The van der Waals surface area contributed by atoms with Crippen LogP contribution >= 0.6 is 0 Å². The Labute approximate surface area is 218 Å². The number of piperazine rings is 1. The van der Waals surface area contributed by atoms with Crippen molar-refractivity contribution in [2.24, 2.45) is 0 Å². The summed E-state index contributed by atoms with van der Waals surface area (Å²) in [6.45, 7) is 3.23. The Hall–Kier alpha value is -4.15. The van der Waals surface area contributed by atoms with Gasteiger partial charge in [0, 0.05) is 50.4 Å². The van der Waals surface area contributed by atoms with Gasteiger partial charge in [-0.25, -0.2) is 4.21 Å². The SMILES string of the molecule is C[C@H]1CN(C(=O)c2ccccn2)CCN1C(=O)c1ccc(NOS(=O)c2cccc3cccnc23)cc1.[HH]. The van der Waals surface area contributed by atoms with Crippen LogP contribution in [0.25, 0.3) is 10.9 Å². The Kier molecular flexibility index (Phi) is 7.20. The molecule has 37 heavy (non-hydrogen) atoms. The fourth-order valence-electron chi connectivity index (χ4n) is 4.28. The molecule has 5 rings (SSSR count). The van der Waals surface area contributed by atoms with E-state index in [0.717, 1.165) is 5.39 Å². The number of benzene rings is 2. The Morgan fingerprint density at radius 1 is 0.946 bits per heavy atom. The summed E-state index contributed by atoms with van der Waals surface area (Å²) in [5.74, 6) is -0.248. The number of amides is 2. The molecule has 1 N–H and O–H groups in total. The van der Waals surface area contributed by atoms with Crippen molar-refractivity contribution in [2.45, 2.75) is 17.9 Å². The Bertz CT molecular complexity index is 1450. The van der Waals surface area contributed by atoms with Crippen molar-refractivity contribution >= 4 is 39.5 Å². The number of hydrogen-bond acceptors (Lipinski definition) is 7. The molecule has 9 nitrogen and oxygen atoms in total. The maximum Gasteiger partial charge on any atom is 0.272 e. The number of nitrogens with one attached hydrogen (secondary N) is 1. The van der Waals surface area contributed by atoms with Crippen LogP contribution in [-0.2, 0) is 15.4 Å². The van der Waals surface area contributed by atoms with E-state index in [9.17, 15) is 13.8 Å². The molecule has 2 amide bonds. The van der Waals surface area contributed by atoms with Crippen molar-refractivity contribution in [1.29, 1.82) is 0 Å². The molecular formula is C27H27N5O4S. The summed E-state index contributed by atoms with van der Waals surface area (Å²) in [5.41, 5.74) is 4.77. The number of carbonyl (C=O) groups is 2. The van der Waals surface area contributed by atoms with E-state index in [2.05, 4.69) is 15.4 Å². The van der Waals surface area contributed by atoms with E-state index in [1.165, 1.54) is 0 Å². The van der Waals surface area contributed by atoms with Gasteiger partial charge < -0.3 is 9.80 Å². The molecule has 0 aliphatic carbocycles. The van der Waals surface area contributed by atoms with E-state index < -0.39 is 11.1 Å². The van der Waals surface area contributed by atoms with E-state index in [4.69, 9.17) is 4.28 Å². The maximum atomic E-state index is 13.1. The highest BCUT2D eigenvalue weighted by molar-refractivity contribution is 7.80. The molecule has 1 aliphatic rings. The van der Waals surface area contributed by atoms with Gasteiger partial charge in [0.15, 0.2) is 0 Å². The molecule has 0 radical (unpaired) electrons. The molecular weight excluding hydrogens is 490 g/mol. The third-order valence-corrected chi connectivity index (χ3v) is 7.13. The van der Waals surface area contributed by atoms with Crippen LogP contribution in [0.3, 0.4) is 0 Å². The van der Waals surface area contributed by atoms with Gasteiger partial charge in [0.05, 0.1) is 16.1 Å². The zero-order valence-electron chi connectivity index (χ0n) is 20.1. The summed E-state index contributed by atoms with van der Waals surface area (Å²) in [7, 11) is 0. The van der Waals surface area contributed by atoms with E-state index >= 15 is 0 Å². The lowest BCUT2D eigenvalue weighted by atomic mass is 10.1. The lowest BCUT2D eigenvalue weighted by molar-refractivity contribution is 0.0411. The highest BCUT2D eigenvalue weighted by Gasteiger charge is 2.31. The average molecular weight is 518 g/mol. The largest absolute Gasteiger partial charge is 0.333 e. The van der Waals surface area contributed by atoms with E-state index in [1.807, 2.05) is 25.1 Å². The minimum atomic E-state index is -1.79. The summed E-state index contributed by atoms with van der Waals surface area (Å²) in [5, 5.41) is 0.871. The second-order valence-corrected chi connectivity index (χ2v) is 9.72. The number of nitrogens with zero attached hydrogens (tertiary/aromatic N) is 4. The Balaban J connectivity index is 0.00000336. The van der Waals surface area contributed by atoms with Crippen molar-refractivity contribution in [3.8, 4) is 0 Å². The van der Waals surface area contributed by atoms with Crippen LogP contribution in [0, 0.1) is 0 Å². The van der Waals surface area contributed by atoms with Gasteiger partial charge in [-0.15, -0.1) is 0 Å². The molecule has 1 saturated heterocycles. The molecule has 1 aliphatic heterocycles. The van der Waals surface area contributed by atoms with Crippen LogP contribution < -0.4 is 5.48 Å². The van der Waals surface area contributed by atoms with Crippen LogP contribution in [-0.4, -0.2) is 61.5 Å². The van der Waals surface area contributed by atoms with Gasteiger partial charge in [-0.3, -0.25) is 25.0 Å². The van der Waals surface area contributed by atoms with Crippen molar-refractivity contribution < 1.29 is 19.5 Å². The Morgan fingerprint density at radius 3 is 2.49 bits per heavy atom. The first-order valence-corrected chi connectivity index (χ1v) is 12.9. The zero-order chi connectivity index (χ0) is 25.8. The lowest BCUT2D eigenvalue weighted by Crippen LogP contribution is -2.55. The summed E-state index contributed by atoms with van der Waals surface area (Å²) in [6.07, 6.45) is 3.24. The van der Waals surface area contributed by atoms with Crippen molar-refractivity contribution in [3.63, 3.8) is 0 Å². The van der Waals surface area contributed by atoms with Gasteiger partial charge in [-0.1, -0.05) is 24.3 Å². The molecule has 0 bridgehead atoms. The highest BCUT2D eigenvalue weighted by atomic mass is 32.2. The molecule has 1 unspecified atom stereocenters. The topological polar surface area (TPSA) is 105 Å². The molecule has 4 aromatic rings. The number of pyridine rings is 2. The molecule has 0 spiro atoms. The van der Waals surface area contributed by atoms with Crippen molar-refractivity contribution in [2.75, 3.05) is 25.1 Å². The van der Waals surface area contributed by atoms with Gasteiger partial charge in [0.1, 0.15) is 5.69 Å². The first-order chi connectivity index (χ1) is 18.0. The molecule has 2 aromatic carbocycles. The lowest BCUT2D eigenvalue weighted by Gasteiger charge is -2.39. The van der Waals surface area contributed by atoms with Gasteiger partial charge >= 0.3 is 0 Å². The smallest absolute Gasteiger partial charge is 0.272 e. The Morgan fingerprint density at radius 2 is 1.73 bits per heavy atom. The summed E-state index contributed by atoms with van der Waals surface area (Å²) < 4.78 is 18.1.